The van der Waals surface area contributed by atoms with Crippen LogP contribution in [0.4, 0.5) is 0 Å². The van der Waals surface area contributed by atoms with E-state index in [4.69, 9.17) is 4.98 Å². The number of hydrogen-bond donors (Lipinski definition) is 0. The molecule has 1 aliphatic rings. The molecule has 0 N–H and O–H groups in total. The molecule has 0 bridgehead atoms. The van der Waals surface area contributed by atoms with Crippen LogP contribution in [-0.4, -0.2) is 31.5 Å². The van der Waals surface area contributed by atoms with E-state index in [0.717, 1.165) is 28.7 Å². The van der Waals surface area contributed by atoms with Crippen molar-refractivity contribution in [1.29, 1.82) is 0 Å². The zero-order chi connectivity index (χ0) is 25.2. The van der Waals surface area contributed by atoms with E-state index in [1.165, 1.54) is 0 Å². The molecule has 0 spiro atoms. The van der Waals surface area contributed by atoms with Crippen LogP contribution in [0.25, 0.3) is 11.0 Å². The van der Waals surface area contributed by atoms with Gasteiger partial charge in [-0.25, -0.2) is 4.98 Å². The van der Waals surface area contributed by atoms with E-state index in [2.05, 4.69) is 0 Å². The van der Waals surface area contributed by atoms with Gasteiger partial charge in [-0.15, -0.1) is 0 Å². The molecular formula is C31H28N4O2. The van der Waals surface area contributed by atoms with Crippen molar-refractivity contribution in [2.75, 3.05) is 6.54 Å². The molecule has 6 heteroatoms. The van der Waals surface area contributed by atoms with Crippen LogP contribution in [0.2, 0.25) is 0 Å². The molecule has 3 aromatic carbocycles. The highest BCUT2D eigenvalue weighted by Gasteiger charge is 2.31. The zero-order valence-corrected chi connectivity index (χ0v) is 20.6. The number of carbonyl (C=O) groups is 1. The van der Waals surface area contributed by atoms with Gasteiger partial charge in [-0.1, -0.05) is 91.0 Å². The van der Waals surface area contributed by atoms with Crippen molar-refractivity contribution >= 4 is 16.9 Å². The van der Waals surface area contributed by atoms with Crippen LogP contribution in [0.1, 0.15) is 39.2 Å². The Kier molecular flexibility index (Phi) is 6.15. The molecule has 0 fully saturated rings. The highest BCUT2D eigenvalue weighted by Crippen LogP contribution is 2.29. The monoisotopic (exact) mass is 488 g/mol. The van der Waals surface area contributed by atoms with Crippen LogP contribution in [-0.2, 0) is 26.1 Å². The Morgan fingerprint density at radius 2 is 1.27 bits per heavy atom. The van der Waals surface area contributed by atoms with Crippen molar-refractivity contribution in [1.82, 2.24) is 19.0 Å². The molecule has 1 amide bonds. The van der Waals surface area contributed by atoms with Gasteiger partial charge in [-0.05, 0) is 29.5 Å². The molecule has 5 aromatic rings. The first-order valence-electron chi connectivity index (χ1n) is 12.7. The minimum absolute atomic E-state index is 0.0423. The van der Waals surface area contributed by atoms with Crippen LogP contribution in [0.5, 0.6) is 0 Å². The predicted molar refractivity (Wildman–Crippen MR) is 145 cm³/mol. The summed E-state index contributed by atoms with van der Waals surface area (Å²) < 4.78 is 3.56. The number of amides is 1. The van der Waals surface area contributed by atoms with E-state index in [1.807, 2.05) is 100 Å². The number of fused-ring (bicyclic) bond motifs is 3. The lowest BCUT2D eigenvalue weighted by Gasteiger charge is -2.22. The summed E-state index contributed by atoms with van der Waals surface area (Å²) in [5, 5.41) is 0. The lowest BCUT2D eigenvalue weighted by atomic mass is 10.1. The Bertz CT molecular complexity index is 1610. The number of aryl methyl sites for hydroxylation is 1. The molecule has 37 heavy (non-hydrogen) atoms. The first-order valence-corrected chi connectivity index (χ1v) is 12.7. The minimum Gasteiger partial charge on any atom is -0.333 e. The normalized spacial score (nSPS) is 13.5. The molecule has 0 unspecified atom stereocenters. The van der Waals surface area contributed by atoms with Crippen LogP contribution in [0.15, 0.2) is 102 Å². The second kappa shape index (κ2) is 9.90. The summed E-state index contributed by atoms with van der Waals surface area (Å²) in [6, 6.07) is 29.9. The molecular weight excluding hydrogens is 460 g/mol. The smallest absolute Gasteiger partial charge is 0.278 e. The van der Waals surface area contributed by atoms with Crippen LogP contribution >= 0.6 is 0 Å². The third-order valence-electron chi connectivity index (χ3n) is 7.07. The first-order chi connectivity index (χ1) is 18.2. The number of hydrogen-bond acceptors (Lipinski definition) is 3. The SMILES string of the molecule is O=C1c2c(c3ncn(Cc4ccccc4)c(=O)c3n2Cc2ccccc2)CCCN1Cc1ccccc1. The highest BCUT2D eigenvalue weighted by molar-refractivity contribution is 6.01. The fourth-order valence-corrected chi connectivity index (χ4v) is 5.28. The van der Waals surface area contributed by atoms with Gasteiger partial charge in [0.15, 0.2) is 0 Å². The van der Waals surface area contributed by atoms with E-state index in [0.29, 0.717) is 49.3 Å². The van der Waals surface area contributed by atoms with E-state index in [9.17, 15) is 9.59 Å². The highest BCUT2D eigenvalue weighted by atomic mass is 16.2. The number of nitrogens with zero attached hydrogens (tertiary/aromatic N) is 4. The standard InChI is InChI=1S/C31H28N4O2/c36-30-28-26(17-10-18-33(30)19-23-11-4-1-5-12-23)27-29(35(28)21-25-15-8-3-9-16-25)31(37)34(22-32-27)20-24-13-6-2-7-14-24/h1-9,11-16,22H,10,17-21H2. The Balaban J connectivity index is 1.50. The Labute approximate surface area is 215 Å². The molecule has 184 valence electrons. The van der Waals surface area contributed by atoms with Crippen molar-refractivity contribution < 1.29 is 4.79 Å². The van der Waals surface area contributed by atoms with Crippen LogP contribution < -0.4 is 5.56 Å². The number of carbonyl (C=O) groups excluding carboxylic acids is 1. The van der Waals surface area contributed by atoms with Gasteiger partial charge in [0.2, 0.25) is 0 Å². The van der Waals surface area contributed by atoms with Gasteiger partial charge in [0.1, 0.15) is 11.2 Å². The summed E-state index contributed by atoms with van der Waals surface area (Å²) in [5.41, 5.74) is 5.65. The van der Waals surface area contributed by atoms with Gasteiger partial charge in [0.05, 0.1) is 18.4 Å². The summed E-state index contributed by atoms with van der Waals surface area (Å²) in [6.07, 6.45) is 3.16. The summed E-state index contributed by atoms with van der Waals surface area (Å²) in [6.45, 7) is 2.07. The summed E-state index contributed by atoms with van der Waals surface area (Å²) in [7, 11) is 0. The maximum Gasteiger partial charge on any atom is 0.278 e. The maximum absolute atomic E-state index is 14.1. The molecule has 3 heterocycles. The third-order valence-corrected chi connectivity index (χ3v) is 7.07. The average molecular weight is 489 g/mol. The van der Waals surface area contributed by atoms with Gasteiger partial charge < -0.3 is 9.47 Å². The number of rotatable bonds is 6. The second-order valence-corrected chi connectivity index (χ2v) is 9.58. The van der Waals surface area contributed by atoms with Crippen molar-refractivity contribution in [3.63, 3.8) is 0 Å². The predicted octanol–water partition coefficient (Wildman–Crippen LogP) is 4.88. The topological polar surface area (TPSA) is 60.1 Å². The number of aromatic nitrogens is 3. The van der Waals surface area contributed by atoms with Crippen LogP contribution in [0.3, 0.4) is 0 Å². The van der Waals surface area contributed by atoms with Gasteiger partial charge in [0.25, 0.3) is 11.5 Å². The van der Waals surface area contributed by atoms with Gasteiger partial charge >= 0.3 is 0 Å². The largest absolute Gasteiger partial charge is 0.333 e. The van der Waals surface area contributed by atoms with Gasteiger partial charge in [-0.2, -0.15) is 0 Å². The fraction of sp³-hybridized carbons (Fsp3) is 0.194. The van der Waals surface area contributed by atoms with E-state index in [-0.39, 0.29) is 11.5 Å². The summed E-state index contributed by atoms with van der Waals surface area (Å²) >= 11 is 0. The molecule has 0 aliphatic carbocycles. The molecule has 0 saturated heterocycles. The van der Waals surface area contributed by atoms with Gasteiger partial charge in [0, 0.05) is 25.2 Å². The summed E-state index contributed by atoms with van der Waals surface area (Å²) in [4.78, 5) is 34.7. The van der Waals surface area contributed by atoms with E-state index < -0.39 is 0 Å². The molecule has 0 saturated carbocycles. The van der Waals surface area contributed by atoms with E-state index in [1.54, 1.807) is 10.9 Å². The second-order valence-electron chi connectivity index (χ2n) is 9.58. The lowest BCUT2D eigenvalue weighted by Crippen LogP contribution is -2.32. The quantitative estimate of drug-likeness (QED) is 0.342. The Morgan fingerprint density at radius 1 is 0.703 bits per heavy atom. The molecule has 2 aromatic heterocycles. The van der Waals surface area contributed by atoms with E-state index >= 15 is 0 Å². The van der Waals surface area contributed by atoms with Crippen molar-refractivity contribution in [3.05, 3.63) is 136 Å². The third kappa shape index (κ3) is 4.47. The van der Waals surface area contributed by atoms with Crippen molar-refractivity contribution in [2.24, 2.45) is 0 Å². The number of benzene rings is 3. The summed E-state index contributed by atoms with van der Waals surface area (Å²) in [5.74, 6) is -0.0423. The molecule has 6 rings (SSSR count). The molecule has 0 radical (unpaired) electrons. The zero-order valence-electron chi connectivity index (χ0n) is 20.6. The van der Waals surface area contributed by atoms with Crippen LogP contribution in [0, 0.1) is 0 Å². The molecule has 6 nitrogen and oxygen atoms in total. The molecule has 0 atom stereocenters. The fourth-order valence-electron chi connectivity index (χ4n) is 5.28. The minimum atomic E-state index is -0.125. The van der Waals surface area contributed by atoms with Crippen molar-refractivity contribution in [2.45, 2.75) is 32.5 Å². The Morgan fingerprint density at radius 3 is 1.89 bits per heavy atom. The lowest BCUT2D eigenvalue weighted by molar-refractivity contribution is 0.0739. The maximum atomic E-state index is 14.1. The first kappa shape index (κ1) is 23.0. The Hall–Kier alpha value is -4.45. The van der Waals surface area contributed by atoms with Crippen molar-refractivity contribution in [3.8, 4) is 0 Å². The molecule has 1 aliphatic heterocycles. The average Bonchev–Trinajstić information content (AvgIpc) is 3.14. The van der Waals surface area contributed by atoms with Gasteiger partial charge in [-0.3, -0.25) is 14.2 Å².